The molecule has 0 bridgehead atoms. The van der Waals surface area contributed by atoms with Crippen LogP contribution in [-0.4, -0.2) is 12.9 Å². The number of benzene rings is 1. The minimum absolute atomic E-state index is 0.178. The fraction of sp³-hybridized carbons (Fsp3) is 0.438. The largest absolute Gasteiger partial charge is 0.497 e. The Morgan fingerprint density at radius 1 is 1.21 bits per heavy atom. The maximum Gasteiger partial charge on any atom is 0.157 e. The summed E-state index contributed by atoms with van der Waals surface area (Å²) in [7, 11) is 1.64. The first kappa shape index (κ1) is 15.3. The highest BCUT2D eigenvalue weighted by Gasteiger charge is 1.96. The number of nitrogens with one attached hydrogen (secondary N) is 1. The number of unbranched alkanes of at least 4 members (excludes halogenated alkanes) is 3. The van der Waals surface area contributed by atoms with E-state index in [-0.39, 0.29) is 5.78 Å². The molecule has 3 heteroatoms. The van der Waals surface area contributed by atoms with E-state index in [1.54, 1.807) is 19.4 Å². The van der Waals surface area contributed by atoms with E-state index in [1.165, 1.54) is 12.8 Å². The molecule has 0 spiro atoms. The molecule has 1 aromatic rings. The molecule has 1 rings (SSSR count). The van der Waals surface area contributed by atoms with Gasteiger partial charge in [-0.1, -0.05) is 26.2 Å². The first-order valence-electron chi connectivity index (χ1n) is 6.86. The van der Waals surface area contributed by atoms with Crippen LogP contribution in [0.25, 0.3) is 0 Å². The zero-order valence-electron chi connectivity index (χ0n) is 11.8. The Bertz CT molecular complexity index is 396. The summed E-state index contributed by atoms with van der Waals surface area (Å²) in [5.41, 5.74) is 0.941. The van der Waals surface area contributed by atoms with Crippen molar-refractivity contribution in [3.05, 3.63) is 36.5 Å². The summed E-state index contributed by atoms with van der Waals surface area (Å²) in [6.45, 7) is 2.17. The molecule has 19 heavy (non-hydrogen) atoms. The van der Waals surface area contributed by atoms with Crippen molar-refractivity contribution in [3.63, 3.8) is 0 Å². The van der Waals surface area contributed by atoms with E-state index >= 15 is 0 Å². The van der Waals surface area contributed by atoms with Gasteiger partial charge in [0.2, 0.25) is 0 Å². The lowest BCUT2D eigenvalue weighted by Crippen LogP contribution is -1.95. The van der Waals surface area contributed by atoms with Gasteiger partial charge in [0.05, 0.1) is 7.11 Å². The van der Waals surface area contributed by atoms with Crippen LogP contribution >= 0.6 is 0 Å². The molecule has 0 saturated heterocycles. The smallest absolute Gasteiger partial charge is 0.157 e. The Morgan fingerprint density at radius 3 is 2.58 bits per heavy atom. The summed E-state index contributed by atoms with van der Waals surface area (Å²) in [6.07, 6.45) is 8.48. The number of hydrogen-bond acceptors (Lipinski definition) is 3. The molecule has 3 nitrogen and oxygen atoms in total. The average Bonchev–Trinajstić information content (AvgIpc) is 2.44. The van der Waals surface area contributed by atoms with Crippen LogP contribution in [0.3, 0.4) is 0 Å². The Balaban J connectivity index is 2.26. The van der Waals surface area contributed by atoms with Crippen molar-refractivity contribution in [1.29, 1.82) is 0 Å². The zero-order valence-corrected chi connectivity index (χ0v) is 11.8. The summed E-state index contributed by atoms with van der Waals surface area (Å²) >= 11 is 0. The Kier molecular flexibility index (Phi) is 7.40. The number of ketones is 1. The third-order valence-corrected chi connectivity index (χ3v) is 2.89. The highest BCUT2D eigenvalue weighted by molar-refractivity contribution is 5.89. The van der Waals surface area contributed by atoms with Crippen LogP contribution in [0.5, 0.6) is 5.75 Å². The number of hydrogen-bond donors (Lipinski definition) is 1. The molecular weight excluding hydrogens is 238 g/mol. The molecule has 0 amide bonds. The molecule has 0 atom stereocenters. The Labute approximate surface area is 115 Å². The molecule has 0 aliphatic heterocycles. The van der Waals surface area contributed by atoms with Crippen LogP contribution in [0, 0.1) is 0 Å². The van der Waals surface area contributed by atoms with Gasteiger partial charge in [-0.15, -0.1) is 0 Å². The summed E-state index contributed by atoms with van der Waals surface area (Å²) in [5, 5.41) is 3.07. The maximum atomic E-state index is 11.6. The van der Waals surface area contributed by atoms with Crippen molar-refractivity contribution in [2.75, 3.05) is 12.4 Å². The van der Waals surface area contributed by atoms with Crippen LogP contribution < -0.4 is 10.1 Å². The van der Waals surface area contributed by atoms with E-state index in [0.717, 1.165) is 24.3 Å². The van der Waals surface area contributed by atoms with Gasteiger partial charge in [-0.2, -0.15) is 0 Å². The summed E-state index contributed by atoms with van der Waals surface area (Å²) in [4.78, 5) is 11.6. The normalized spacial score (nSPS) is 10.6. The average molecular weight is 261 g/mol. The van der Waals surface area contributed by atoms with E-state index in [4.69, 9.17) is 4.74 Å². The van der Waals surface area contributed by atoms with Gasteiger partial charge in [-0.3, -0.25) is 4.79 Å². The van der Waals surface area contributed by atoms with Gasteiger partial charge in [-0.05, 0) is 36.8 Å². The number of ether oxygens (including phenoxy) is 1. The predicted octanol–water partition coefficient (Wildman–Crippen LogP) is 4.16. The van der Waals surface area contributed by atoms with Crippen molar-refractivity contribution in [1.82, 2.24) is 0 Å². The van der Waals surface area contributed by atoms with Gasteiger partial charge in [-0.25, -0.2) is 0 Å². The van der Waals surface area contributed by atoms with Crippen molar-refractivity contribution >= 4 is 11.5 Å². The van der Waals surface area contributed by atoms with Crippen molar-refractivity contribution in [2.24, 2.45) is 0 Å². The molecule has 1 aromatic carbocycles. The maximum absolute atomic E-state index is 11.6. The van der Waals surface area contributed by atoms with Crippen LogP contribution in [0.15, 0.2) is 36.5 Å². The van der Waals surface area contributed by atoms with Gasteiger partial charge < -0.3 is 10.1 Å². The number of carbonyl (C=O) groups excluding carboxylic acids is 1. The van der Waals surface area contributed by atoms with E-state index in [9.17, 15) is 4.79 Å². The SMILES string of the molecule is CCCCCCC(=O)/C=C\Nc1ccc(OC)cc1. The number of carbonyl (C=O) groups is 1. The molecule has 0 saturated carbocycles. The van der Waals surface area contributed by atoms with E-state index < -0.39 is 0 Å². The fourth-order valence-corrected chi connectivity index (χ4v) is 1.73. The van der Waals surface area contributed by atoms with E-state index in [2.05, 4.69) is 12.2 Å². The number of allylic oxidation sites excluding steroid dienone is 1. The van der Waals surface area contributed by atoms with Crippen molar-refractivity contribution in [3.8, 4) is 5.75 Å². The molecule has 0 aliphatic rings. The van der Waals surface area contributed by atoms with Crippen LogP contribution in [-0.2, 0) is 4.79 Å². The van der Waals surface area contributed by atoms with Gasteiger partial charge >= 0.3 is 0 Å². The van der Waals surface area contributed by atoms with Crippen LogP contribution in [0.2, 0.25) is 0 Å². The number of anilines is 1. The zero-order chi connectivity index (χ0) is 13.9. The molecule has 0 heterocycles. The molecular formula is C16H23NO2. The van der Waals surface area contributed by atoms with Crippen LogP contribution in [0.1, 0.15) is 39.0 Å². The lowest BCUT2D eigenvalue weighted by atomic mass is 10.1. The molecule has 0 unspecified atom stereocenters. The second kappa shape index (κ2) is 9.20. The highest BCUT2D eigenvalue weighted by atomic mass is 16.5. The molecule has 0 aromatic heterocycles. The van der Waals surface area contributed by atoms with Crippen LogP contribution in [0.4, 0.5) is 5.69 Å². The predicted molar refractivity (Wildman–Crippen MR) is 79.5 cm³/mol. The standard InChI is InChI=1S/C16H23NO2/c1-3-4-5-6-7-15(18)12-13-17-14-8-10-16(19-2)11-9-14/h8-13,17H,3-7H2,1-2H3/b13-12-. The van der Waals surface area contributed by atoms with E-state index in [1.807, 2.05) is 24.3 Å². The molecule has 0 radical (unpaired) electrons. The minimum atomic E-state index is 0.178. The Morgan fingerprint density at radius 2 is 1.95 bits per heavy atom. The third kappa shape index (κ3) is 6.65. The quantitative estimate of drug-likeness (QED) is 0.536. The molecule has 0 aliphatic carbocycles. The lowest BCUT2D eigenvalue weighted by molar-refractivity contribution is -0.114. The fourth-order valence-electron chi connectivity index (χ4n) is 1.73. The monoisotopic (exact) mass is 261 g/mol. The first-order chi connectivity index (χ1) is 9.26. The summed E-state index contributed by atoms with van der Waals surface area (Å²) in [5.74, 6) is 0.999. The van der Waals surface area contributed by atoms with Crippen molar-refractivity contribution in [2.45, 2.75) is 39.0 Å². The lowest BCUT2D eigenvalue weighted by Gasteiger charge is -2.02. The minimum Gasteiger partial charge on any atom is -0.497 e. The second-order valence-corrected chi connectivity index (χ2v) is 4.48. The van der Waals surface area contributed by atoms with Gasteiger partial charge in [0.15, 0.2) is 5.78 Å². The second-order valence-electron chi connectivity index (χ2n) is 4.48. The Hall–Kier alpha value is -1.77. The molecule has 1 N–H and O–H groups in total. The molecule has 0 fully saturated rings. The van der Waals surface area contributed by atoms with Gasteiger partial charge in [0.25, 0.3) is 0 Å². The third-order valence-electron chi connectivity index (χ3n) is 2.89. The summed E-state index contributed by atoms with van der Waals surface area (Å²) < 4.78 is 5.08. The molecule has 104 valence electrons. The summed E-state index contributed by atoms with van der Waals surface area (Å²) in [6, 6.07) is 7.58. The van der Waals surface area contributed by atoms with Gasteiger partial charge in [0.1, 0.15) is 5.75 Å². The van der Waals surface area contributed by atoms with Crippen molar-refractivity contribution < 1.29 is 9.53 Å². The highest BCUT2D eigenvalue weighted by Crippen LogP contribution is 2.14. The van der Waals surface area contributed by atoms with E-state index in [0.29, 0.717) is 6.42 Å². The topological polar surface area (TPSA) is 38.3 Å². The van der Waals surface area contributed by atoms with Gasteiger partial charge in [0, 0.05) is 18.3 Å². The number of methoxy groups -OCH3 is 1. The number of rotatable bonds is 9. The first-order valence-corrected chi connectivity index (χ1v) is 6.86.